The first-order valence-electron chi connectivity index (χ1n) is 10.8. The van der Waals surface area contributed by atoms with E-state index in [2.05, 4.69) is 69.4 Å². The van der Waals surface area contributed by atoms with E-state index in [1.165, 1.54) is 5.56 Å². The number of aromatic nitrogens is 2. The Morgan fingerprint density at radius 2 is 1.90 bits per heavy atom. The Balaban J connectivity index is 0.00000320. The number of nitrogens with one attached hydrogen (secondary N) is 1. The van der Waals surface area contributed by atoms with Crippen LogP contribution in [0.4, 0.5) is 0 Å². The van der Waals surface area contributed by atoms with E-state index in [-0.39, 0.29) is 24.0 Å². The van der Waals surface area contributed by atoms with Crippen molar-refractivity contribution in [2.24, 2.45) is 4.99 Å². The van der Waals surface area contributed by atoms with Gasteiger partial charge in [0.05, 0.1) is 0 Å². The predicted molar refractivity (Wildman–Crippen MR) is 131 cm³/mol. The monoisotopic (exact) mass is 526 g/mol. The number of aliphatic imine (C=N–C) groups is 1. The largest absolute Gasteiger partial charge is 0.357 e. The first kappa shape index (κ1) is 24.6. The Hall–Kier alpha value is -1.68. The first-order chi connectivity index (χ1) is 14.2. The van der Waals surface area contributed by atoms with Crippen molar-refractivity contribution >= 4 is 29.9 Å². The zero-order valence-electron chi connectivity index (χ0n) is 18.4. The van der Waals surface area contributed by atoms with Crippen molar-refractivity contribution in [3.05, 3.63) is 47.6 Å². The highest BCUT2D eigenvalue weighted by atomic mass is 127. The van der Waals surface area contributed by atoms with E-state index in [9.17, 15) is 0 Å². The van der Waals surface area contributed by atoms with Gasteiger partial charge in [0, 0.05) is 51.7 Å². The predicted octanol–water partition coefficient (Wildman–Crippen LogP) is 3.66. The van der Waals surface area contributed by atoms with Crippen molar-refractivity contribution in [2.45, 2.75) is 46.1 Å². The highest BCUT2D eigenvalue weighted by Crippen LogP contribution is 2.25. The minimum absolute atomic E-state index is 0. The quantitative estimate of drug-likeness (QED) is 0.245. The number of halogens is 1. The van der Waals surface area contributed by atoms with Crippen LogP contribution in [0.25, 0.3) is 0 Å². The van der Waals surface area contributed by atoms with Crippen LogP contribution in [-0.4, -0.2) is 65.2 Å². The van der Waals surface area contributed by atoms with Gasteiger partial charge in [-0.2, -0.15) is 4.98 Å². The second kappa shape index (κ2) is 12.9. The van der Waals surface area contributed by atoms with Crippen molar-refractivity contribution in [3.63, 3.8) is 0 Å². The maximum Gasteiger partial charge on any atom is 0.226 e. The Morgan fingerprint density at radius 1 is 1.17 bits per heavy atom. The van der Waals surface area contributed by atoms with E-state index >= 15 is 0 Å². The van der Waals surface area contributed by atoms with Gasteiger partial charge in [-0.25, -0.2) is 0 Å². The third-order valence-electron chi connectivity index (χ3n) is 5.34. The second-order valence-corrected chi connectivity index (χ2v) is 7.43. The molecule has 8 heteroatoms. The molecule has 0 amide bonds. The molecule has 1 N–H and O–H groups in total. The molecule has 0 radical (unpaired) electrons. The van der Waals surface area contributed by atoms with Crippen LogP contribution < -0.4 is 5.32 Å². The van der Waals surface area contributed by atoms with Gasteiger partial charge in [0.15, 0.2) is 11.8 Å². The topological polar surface area (TPSA) is 69.8 Å². The molecule has 1 aliphatic rings. The Morgan fingerprint density at radius 3 is 2.50 bits per heavy atom. The van der Waals surface area contributed by atoms with Gasteiger partial charge in [0.1, 0.15) is 0 Å². The maximum absolute atomic E-state index is 5.18. The molecular weight excluding hydrogens is 491 g/mol. The van der Waals surface area contributed by atoms with Gasteiger partial charge in [-0.1, -0.05) is 42.4 Å². The molecule has 1 aromatic heterocycles. The molecule has 0 aliphatic carbocycles. The van der Waals surface area contributed by atoms with Crippen LogP contribution in [0.15, 0.2) is 39.8 Å². The number of benzene rings is 1. The summed E-state index contributed by atoms with van der Waals surface area (Å²) in [5.41, 5.74) is 1.42. The lowest BCUT2D eigenvalue weighted by molar-refractivity contribution is 0.127. The molecule has 3 rings (SSSR count). The number of aryl methyl sites for hydroxylation is 2. The van der Waals surface area contributed by atoms with E-state index in [0.29, 0.717) is 17.8 Å². The summed E-state index contributed by atoms with van der Waals surface area (Å²) < 4.78 is 5.18. The molecule has 1 saturated heterocycles. The number of rotatable bonds is 8. The zero-order chi connectivity index (χ0) is 20.5. The molecule has 166 valence electrons. The average Bonchev–Trinajstić information content (AvgIpc) is 3.17. The van der Waals surface area contributed by atoms with E-state index in [4.69, 9.17) is 9.52 Å². The summed E-state index contributed by atoms with van der Waals surface area (Å²) >= 11 is 0. The number of guanidine groups is 1. The van der Waals surface area contributed by atoms with E-state index < -0.39 is 0 Å². The summed E-state index contributed by atoms with van der Waals surface area (Å²) in [7, 11) is 0. The number of hydrogen-bond donors (Lipinski definition) is 1. The van der Waals surface area contributed by atoms with Crippen LogP contribution >= 0.6 is 24.0 Å². The Kier molecular flexibility index (Phi) is 10.6. The SMILES string of the molecule is CCNC(=NCCCc1nc(C)no1)N1CCN(C(CC)c2ccccc2)CC1.I. The van der Waals surface area contributed by atoms with Crippen molar-refractivity contribution in [3.8, 4) is 0 Å². The summed E-state index contributed by atoms with van der Waals surface area (Å²) in [4.78, 5) is 14.1. The first-order valence-corrected chi connectivity index (χ1v) is 10.8. The van der Waals surface area contributed by atoms with Crippen LogP contribution in [0, 0.1) is 6.92 Å². The van der Waals surface area contributed by atoms with E-state index in [0.717, 1.165) is 64.5 Å². The van der Waals surface area contributed by atoms with Crippen LogP contribution in [0.2, 0.25) is 0 Å². The molecule has 1 aromatic carbocycles. The second-order valence-electron chi connectivity index (χ2n) is 7.43. The number of piperazine rings is 1. The summed E-state index contributed by atoms with van der Waals surface area (Å²) in [5, 5.41) is 7.29. The molecule has 2 aromatic rings. The average molecular weight is 526 g/mol. The third-order valence-corrected chi connectivity index (χ3v) is 5.34. The standard InChI is InChI=1S/C22H34N6O.HI/c1-4-20(19-10-7-6-8-11-19)27-14-16-28(17-15-27)22(23-5-2)24-13-9-12-21-25-18(3)26-29-21;/h6-8,10-11,20H,4-5,9,12-17H2,1-3H3,(H,23,24);1H. The summed E-state index contributed by atoms with van der Waals surface area (Å²) in [6, 6.07) is 11.4. The molecule has 2 heterocycles. The molecule has 1 aliphatic heterocycles. The van der Waals surface area contributed by atoms with Gasteiger partial charge in [0.25, 0.3) is 0 Å². The van der Waals surface area contributed by atoms with Gasteiger partial charge < -0.3 is 14.7 Å². The van der Waals surface area contributed by atoms with Gasteiger partial charge in [0.2, 0.25) is 5.89 Å². The van der Waals surface area contributed by atoms with E-state index in [1.807, 2.05) is 6.92 Å². The molecule has 0 bridgehead atoms. The Labute approximate surface area is 197 Å². The Bertz CT molecular complexity index is 758. The van der Waals surface area contributed by atoms with Gasteiger partial charge >= 0.3 is 0 Å². The van der Waals surface area contributed by atoms with Crippen molar-refractivity contribution in [2.75, 3.05) is 39.3 Å². The lowest BCUT2D eigenvalue weighted by Crippen LogP contribution is -2.53. The van der Waals surface area contributed by atoms with Gasteiger partial charge in [-0.15, -0.1) is 24.0 Å². The van der Waals surface area contributed by atoms with E-state index in [1.54, 1.807) is 0 Å². The van der Waals surface area contributed by atoms with Crippen LogP contribution in [-0.2, 0) is 6.42 Å². The summed E-state index contributed by atoms with van der Waals surface area (Å²) in [6.07, 6.45) is 2.81. The fraction of sp³-hybridized carbons (Fsp3) is 0.591. The zero-order valence-corrected chi connectivity index (χ0v) is 20.7. The summed E-state index contributed by atoms with van der Waals surface area (Å²) in [5.74, 6) is 2.40. The molecule has 0 saturated carbocycles. The highest BCUT2D eigenvalue weighted by molar-refractivity contribution is 14.0. The van der Waals surface area contributed by atoms with Gasteiger partial charge in [-0.05, 0) is 32.3 Å². The molecule has 7 nitrogen and oxygen atoms in total. The lowest BCUT2D eigenvalue weighted by Gasteiger charge is -2.40. The fourth-order valence-corrected chi connectivity index (χ4v) is 3.91. The van der Waals surface area contributed by atoms with Crippen LogP contribution in [0.1, 0.15) is 50.0 Å². The molecular formula is C22H35IN6O. The smallest absolute Gasteiger partial charge is 0.226 e. The van der Waals surface area contributed by atoms with Gasteiger partial charge in [-0.3, -0.25) is 9.89 Å². The molecule has 1 fully saturated rings. The van der Waals surface area contributed by atoms with Crippen molar-refractivity contribution < 1.29 is 4.52 Å². The normalized spacial score (nSPS) is 16.2. The minimum Gasteiger partial charge on any atom is -0.357 e. The minimum atomic E-state index is 0. The molecule has 1 atom stereocenters. The van der Waals surface area contributed by atoms with Crippen LogP contribution in [0.5, 0.6) is 0 Å². The fourth-order valence-electron chi connectivity index (χ4n) is 3.91. The van der Waals surface area contributed by atoms with Crippen LogP contribution in [0.3, 0.4) is 0 Å². The third kappa shape index (κ3) is 6.94. The molecule has 30 heavy (non-hydrogen) atoms. The molecule has 0 spiro atoms. The number of hydrogen-bond acceptors (Lipinski definition) is 5. The van der Waals surface area contributed by atoms with Crippen molar-refractivity contribution in [1.82, 2.24) is 25.3 Å². The lowest BCUT2D eigenvalue weighted by atomic mass is 10.0. The summed E-state index contributed by atoms with van der Waals surface area (Å²) in [6.45, 7) is 12.0. The maximum atomic E-state index is 5.18. The number of nitrogens with zero attached hydrogens (tertiary/aromatic N) is 5. The molecule has 1 unspecified atom stereocenters. The van der Waals surface area contributed by atoms with Crippen molar-refractivity contribution in [1.29, 1.82) is 0 Å². The highest BCUT2D eigenvalue weighted by Gasteiger charge is 2.25.